The molecule has 0 aliphatic carbocycles. The normalized spacial score (nSPS) is 10.3. The number of nitrogens with two attached hydrogens (primary N) is 1. The van der Waals surface area contributed by atoms with E-state index in [4.69, 9.17) is 15.7 Å². The van der Waals surface area contributed by atoms with Crippen LogP contribution in [0.15, 0.2) is 54.6 Å². The molecule has 0 bridgehead atoms. The molecule has 0 spiro atoms. The summed E-state index contributed by atoms with van der Waals surface area (Å²) in [4.78, 5) is 20.2. The summed E-state index contributed by atoms with van der Waals surface area (Å²) in [5, 5.41) is 11.4. The Balaban J connectivity index is 1.52. The van der Waals surface area contributed by atoms with Crippen LogP contribution < -0.4 is 15.8 Å². The second-order valence-corrected chi connectivity index (χ2v) is 6.48. The van der Waals surface area contributed by atoms with E-state index in [1.54, 1.807) is 18.2 Å². The molecule has 30 heavy (non-hydrogen) atoms. The smallest absolute Gasteiger partial charge is 0.255 e. The molecule has 0 saturated carbocycles. The molecule has 2 heterocycles. The molecule has 3 aromatic rings. The molecule has 0 radical (unpaired) electrons. The molecule has 0 fully saturated rings. The first kappa shape index (κ1) is 20.7. The third-order valence-corrected chi connectivity index (χ3v) is 4.27. The van der Waals surface area contributed by atoms with Crippen LogP contribution in [0.3, 0.4) is 0 Å². The van der Waals surface area contributed by atoms with Gasteiger partial charge in [-0.05, 0) is 29.3 Å². The van der Waals surface area contributed by atoms with Gasteiger partial charge in [0.1, 0.15) is 12.4 Å². The van der Waals surface area contributed by atoms with Crippen LogP contribution >= 0.6 is 0 Å². The molecule has 8 heteroatoms. The lowest BCUT2D eigenvalue weighted by Crippen LogP contribution is -2.24. The van der Waals surface area contributed by atoms with Gasteiger partial charge in [0.25, 0.3) is 5.91 Å². The molecule has 0 saturated heterocycles. The van der Waals surface area contributed by atoms with Crippen molar-refractivity contribution in [2.24, 2.45) is 0 Å². The van der Waals surface area contributed by atoms with E-state index < -0.39 is 5.95 Å². The average Bonchev–Trinajstić information content (AvgIpc) is 2.75. The average molecular weight is 405 g/mol. The fourth-order valence-electron chi connectivity index (χ4n) is 2.69. The Hall–Kier alpha value is -3.99. The highest BCUT2D eigenvalue weighted by molar-refractivity contribution is 5.98. The molecule has 7 nitrogen and oxygen atoms in total. The topological polar surface area (TPSA) is 114 Å². The number of benzene rings is 1. The highest BCUT2D eigenvalue weighted by Crippen LogP contribution is 2.13. The van der Waals surface area contributed by atoms with Crippen LogP contribution in [0.5, 0.6) is 5.88 Å². The third-order valence-electron chi connectivity index (χ3n) is 4.27. The molecule has 0 unspecified atom stereocenters. The van der Waals surface area contributed by atoms with Crippen LogP contribution in [-0.2, 0) is 19.6 Å². The number of nitrogen functional groups attached to an aromatic ring is 1. The highest BCUT2D eigenvalue weighted by Gasteiger charge is 2.11. The van der Waals surface area contributed by atoms with E-state index in [0.29, 0.717) is 30.6 Å². The zero-order valence-electron chi connectivity index (χ0n) is 16.1. The van der Waals surface area contributed by atoms with E-state index in [0.717, 1.165) is 11.1 Å². The molecular formula is C22H20FN5O2. The zero-order chi connectivity index (χ0) is 21.3. The first-order valence-corrected chi connectivity index (χ1v) is 9.29. The second kappa shape index (κ2) is 9.98. The first-order valence-electron chi connectivity index (χ1n) is 9.29. The van der Waals surface area contributed by atoms with Crippen LogP contribution in [0.4, 0.5) is 10.2 Å². The van der Waals surface area contributed by atoms with Crippen molar-refractivity contribution in [1.29, 1.82) is 5.26 Å². The lowest BCUT2D eigenvalue weighted by molar-refractivity contribution is 0.0951. The van der Waals surface area contributed by atoms with Crippen LogP contribution in [0.25, 0.3) is 0 Å². The van der Waals surface area contributed by atoms with Crippen LogP contribution in [0.1, 0.15) is 33.6 Å². The Morgan fingerprint density at radius 2 is 1.87 bits per heavy atom. The molecule has 0 aliphatic heterocycles. The van der Waals surface area contributed by atoms with Gasteiger partial charge in [-0.15, -0.1) is 0 Å². The molecule has 1 amide bonds. The van der Waals surface area contributed by atoms with Gasteiger partial charge in [0.05, 0.1) is 11.6 Å². The van der Waals surface area contributed by atoms with Crippen LogP contribution in [0.2, 0.25) is 0 Å². The van der Waals surface area contributed by atoms with Gasteiger partial charge in [0.15, 0.2) is 0 Å². The van der Waals surface area contributed by atoms with E-state index in [1.807, 2.05) is 30.3 Å². The number of hydrogen-bond donors (Lipinski definition) is 2. The lowest BCUT2D eigenvalue weighted by Gasteiger charge is -2.09. The van der Waals surface area contributed by atoms with E-state index >= 15 is 0 Å². The summed E-state index contributed by atoms with van der Waals surface area (Å²) in [7, 11) is 0. The molecule has 0 aliphatic rings. The van der Waals surface area contributed by atoms with E-state index in [1.165, 1.54) is 12.1 Å². The van der Waals surface area contributed by atoms with Crippen molar-refractivity contribution in [2.45, 2.75) is 26.0 Å². The third kappa shape index (κ3) is 5.75. The summed E-state index contributed by atoms with van der Waals surface area (Å²) in [5.41, 5.74) is 8.63. The zero-order valence-corrected chi connectivity index (χ0v) is 16.1. The quantitative estimate of drug-likeness (QED) is 0.557. The fraction of sp³-hybridized carbons (Fsp3) is 0.182. The number of anilines is 1. The van der Waals surface area contributed by atoms with Crippen molar-refractivity contribution in [3.05, 3.63) is 82.9 Å². The number of rotatable bonds is 8. The van der Waals surface area contributed by atoms with Gasteiger partial charge in [0.2, 0.25) is 11.8 Å². The summed E-state index contributed by atoms with van der Waals surface area (Å²) in [5.74, 6) is -0.555. The molecule has 152 valence electrons. The number of amides is 1. The van der Waals surface area contributed by atoms with Gasteiger partial charge in [-0.2, -0.15) is 14.6 Å². The Bertz CT molecular complexity index is 1060. The molecule has 3 rings (SSSR count). The number of aryl methyl sites for hydroxylation is 1. The predicted molar refractivity (Wildman–Crippen MR) is 109 cm³/mol. The van der Waals surface area contributed by atoms with E-state index in [2.05, 4.69) is 15.3 Å². The van der Waals surface area contributed by atoms with Crippen LogP contribution in [-0.4, -0.2) is 15.9 Å². The SMILES string of the molecule is N#CCCc1ccc(C(=O)NCc2ccc(COc3cccc(F)n3)cc2)c(N)n1. The molecule has 3 N–H and O–H groups in total. The van der Waals surface area contributed by atoms with E-state index in [-0.39, 0.29) is 24.2 Å². The molecule has 0 atom stereocenters. The Kier molecular flexibility index (Phi) is 6.90. The number of aromatic nitrogens is 2. The second-order valence-electron chi connectivity index (χ2n) is 6.48. The summed E-state index contributed by atoms with van der Waals surface area (Å²) in [6.45, 7) is 0.574. The number of nitrogens with zero attached hydrogens (tertiary/aromatic N) is 3. The monoisotopic (exact) mass is 405 g/mol. The minimum atomic E-state index is -0.591. The van der Waals surface area contributed by atoms with Crippen molar-refractivity contribution >= 4 is 11.7 Å². The van der Waals surface area contributed by atoms with Crippen LogP contribution in [0, 0.1) is 17.3 Å². The minimum absolute atomic E-state index is 0.140. The van der Waals surface area contributed by atoms with Gasteiger partial charge >= 0.3 is 0 Å². The fourth-order valence-corrected chi connectivity index (χ4v) is 2.69. The summed E-state index contributed by atoms with van der Waals surface area (Å²) < 4.78 is 18.5. The van der Waals surface area contributed by atoms with Gasteiger partial charge in [-0.1, -0.05) is 30.3 Å². The number of nitriles is 1. The molecule has 2 aromatic heterocycles. The van der Waals surface area contributed by atoms with E-state index in [9.17, 15) is 9.18 Å². The first-order chi connectivity index (χ1) is 14.5. The van der Waals surface area contributed by atoms with Crippen molar-refractivity contribution < 1.29 is 13.9 Å². The number of nitrogens with one attached hydrogen (secondary N) is 1. The maximum Gasteiger partial charge on any atom is 0.255 e. The Morgan fingerprint density at radius 1 is 1.10 bits per heavy atom. The number of hydrogen-bond acceptors (Lipinski definition) is 6. The molecular weight excluding hydrogens is 385 g/mol. The van der Waals surface area contributed by atoms with Gasteiger partial charge in [-0.25, -0.2) is 4.98 Å². The maximum atomic E-state index is 13.1. The lowest BCUT2D eigenvalue weighted by atomic mass is 10.1. The highest BCUT2D eigenvalue weighted by atomic mass is 19.1. The number of carbonyl (C=O) groups excluding carboxylic acids is 1. The van der Waals surface area contributed by atoms with Gasteiger partial charge < -0.3 is 15.8 Å². The summed E-state index contributed by atoms with van der Waals surface area (Å²) >= 11 is 0. The predicted octanol–water partition coefficient (Wildman–Crippen LogP) is 3.16. The number of carbonyl (C=O) groups is 1. The largest absolute Gasteiger partial charge is 0.473 e. The molecule has 1 aromatic carbocycles. The summed E-state index contributed by atoms with van der Waals surface area (Å²) in [6.07, 6.45) is 0.839. The van der Waals surface area contributed by atoms with Crippen molar-refractivity contribution in [3.8, 4) is 11.9 Å². The minimum Gasteiger partial charge on any atom is -0.473 e. The van der Waals surface area contributed by atoms with Crippen molar-refractivity contribution in [3.63, 3.8) is 0 Å². The Labute approximate surface area is 173 Å². The number of halogens is 1. The standard InChI is InChI=1S/C22H20FN5O2/c23-19-4-1-5-20(28-19)30-14-16-8-6-15(7-9-16)13-26-22(29)18-11-10-17(3-2-12-24)27-21(18)25/h1,4-11H,2-3,13-14H2,(H2,25,27)(H,26,29). The van der Waals surface area contributed by atoms with Crippen molar-refractivity contribution in [1.82, 2.24) is 15.3 Å². The maximum absolute atomic E-state index is 13.1. The van der Waals surface area contributed by atoms with Gasteiger partial charge in [0, 0.05) is 31.1 Å². The number of pyridine rings is 2. The number of ether oxygens (including phenoxy) is 1. The summed E-state index contributed by atoms with van der Waals surface area (Å²) in [6, 6.07) is 17.2. The van der Waals surface area contributed by atoms with Gasteiger partial charge in [-0.3, -0.25) is 4.79 Å². The Morgan fingerprint density at radius 3 is 2.57 bits per heavy atom. The van der Waals surface area contributed by atoms with Crippen molar-refractivity contribution in [2.75, 3.05) is 5.73 Å².